The van der Waals surface area contributed by atoms with Crippen molar-refractivity contribution < 1.29 is 14.3 Å². The van der Waals surface area contributed by atoms with Gasteiger partial charge < -0.3 is 9.47 Å². The van der Waals surface area contributed by atoms with Gasteiger partial charge in [0, 0.05) is 11.1 Å². The van der Waals surface area contributed by atoms with Crippen LogP contribution in [0.15, 0.2) is 90.7 Å². The highest BCUT2D eigenvalue weighted by Crippen LogP contribution is 2.37. The Hall–Kier alpha value is -3.59. The maximum Gasteiger partial charge on any atom is 0.334 e. The van der Waals surface area contributed by atoms with Crippen molar-refractivity contribution >= 4 is 17.6 Å². The number of benzene rings is 3. The smallest absolute Gasteiger partial charge is 0.334 e. The van der Waals surface area contributed by atoms with Gasteiger partial charge in [-0.1, -0.05) is 72.8 Å². The van der Waals surface area contributed by atoms with Crippen molar-refractivity contribution in [2.75, 3.05) is 6.61 Å². The van der Waals surface area contributed by atoms with Crippen LogP contribution in [-0.4, -0.2) is 12.6 Å². The third-order valence-electron chi connectivity index (χ3n) is 4.54. The van der Waals surface area contributed by atoms with E-state index in [0.29, 0.717) is 12.4 Å². The number of rotatable bonds is 4. The number of para-hydroxylation sites is 1. The molecular formula is C25H20O3. The summed E-state index contributed by atoms with van der Waals surface area (Å²) in [5.74, 6) is 0.802. The topological polar surface area (TPSA) is 35.5 Å². The standard InChI is InChI=1S/C25H20O3/c1-2-27-25(26)17-24-22(16-21-10-6-7-11-23(21)28-24)20-14-12-19(13-15-20)18-8-4-3-5-9-18/h3-17H,2H2,1H3/b24-17-. The molecule has 0 saturated heterocycles. The molecule has 0 atom stereocenters. The Labute approximate surface area is 164 Å². The van der Waals surface area contributed by atoms with E-state index in [2.05, 4.69) is 24.3 Å². The predicted molar refractivity (Wildman–Crippen MR) is 112 cm³/mol. The molecule has 0 saturated carbocycles. The van der Waals surface area contributed by atoms with Crippen LogP contribution in [0.2, 0.25) is 0 Å². The summed E-state index contributed by atoms with van der Waals surface area (Å²) < 4.78 is 11.1. The van der Waals surface area contributed by atoms with Crippen molar-refractivity contribution in [2.24, 2.45) is 0 Å². The van der Waals surface area contributed by atoms with E-state index in [1.807, 2.05) is 60.7 Å². The molecule has 3 heteroatoms. The average molecular weight is 368 g/mol. The maximum absolute atomic E-state index is 12.0. The second-order valence-corrected chi connectivity index (χ2v) is 6.40. The minimum absolute atomic E-state index is 0.323. The van der Waals surface area contributed by atoms with Crippen LogP contribution in [0, 0.1) is 0 Å². The van der Waals surface area contributed by atoms with Crippen LogP contribution in [0.4, 0.5) is 0 Å². The van der Waals surface area contributed by atoms with Gasteiger partial charge in [-0.05, 0) is 35.8 Å². The summed E-state index contributed by atoms with van der Waals surface area (Å²) in [4.78, 5) is 12.0. The predicted octanol–water partition coefficient (Wildman–Crippen LogP) is 5.73. The van der Waals surface area contributed by atoms with Gasteiger partial charge in [0.2, 0.25) is 0 Å². The monoisotopic (exact) mass is 368 g/mol. The van der Waals surface area contributed by atoms with Gasteiger partial charge in [-0.25, -0.2) is 4.79 Å². The Morgan fingerprint density at radius 2 is 1.50 bits per heavy atom. The fourth-order valence-corrected chi connectivity index (χ4v) is 3.19. The third-order valence-corrected chi connectivity index (χ3v) is 4.54. The van der Waals surface area contributed by atoms with E-state index in [1.54, 1.807) is 6.92 Å². The lowest BCUT2D eigenvalue weighted by atomic mass is 9.96. The molecule has 1 heterocycles. The summed E-state index contributed by atoms with van der Waals surface area (Å²) in [6.07, 6.45) is 3.46. The zero-order valence-electron chi connectivity index (χ0n) is 15.6. The summed E-state index contributed by atoms with van der Waals surface area (Å²) in [6, 6.07) is 26.2. The second kappa shape index (κ2) is 7.97. The number of ether oxygens (including phenoxy) is 2. The molecule has 0 bridgehead atoms. The summed E-state index contributed by atoms with van der Waals surface area (Å²) in [6.45, 7) is 2.11. The molecule has 0 amide bonds. The number of esters is 1. The summed E-state index contributed by atoms with van der Waals surface area (Å²) >= 11 is 0. The van der Waals surface area contributed by atoms with E-state index < -0.39 is 5.97 Å². The second-order valence-electron chi connectivity index (χ2n) is 6.40. The van der Waals surface area contributed by atoms with Crippen molar-refractivity contribution in [1.82, 2.24) is 0 Å². The van der Waals surface area contributed by atoms with Gasteiger partial charge in [-0.15, -0.1) is 0 Å². The van der Waals surface area contributed by atoms with E-state index in [0.717, 1.165) is 33.6 Å². The Balaban J connectivity index is 1.74. The largest absolute Gasteiger partial charge is 0.463 e. The van der Waals surface area contributed by atoms with E-state index >= 15 is 0 Å². The Morgan fingerprint density at radius 3 is 2.25 bits per heavy atom. The minimum Gasteiger partial charge on any atom is -0.463 e. The fourth-order valence-electron chi connectivity index (χ4n) is 3.19. The Bertz CT molecular complexity index is 1040. The van der Waals surface area contributed by atoms with Crippen LogP contribution < -0.4 is 4.74 Å². The molecule has 0 N–H and O–H groups in total. The molecule has 0 spiro atoms. The first-order valence-electron chi connectivity index (χ1n) is 9.28. The van der Waals surface area contributed by atoms with E-state index in [1.165, 1.54) is 6.08 Å². The molecule has 4 rings (SSSR count). The molecule has 3 nitrogen and oxygen atoms in total. The molecule has 0 fully saturated rings. The fraction of sp³-hybridized carbons (Fsp3) is 0.0800. The Morgan fingerprint density at radius 1 is 0.857 bits per heavy atom. The number of allylic oxidation sites excluding steroid dienone is 1. The summed E-state index contributed by atoms with van der Waals surface area (Å²) in [5, 5.41) is 0. The average Bonchev–Trinajstić information content (AvgIpc) is 2.74. The number of fused-ring (bicyclic) bond motifs is 1. The molecule has 138 valence electrons. The molecule has 3 aromatic rings. The number of hydrogen-bond acceptors (Lipinski definition) is 3. The quantitative estimate of drug-likeness (QED) is 0.435. The molecule has 0 unspecified atom stereocenters. The highest BCUT2D eigenvalue weighted by atomic mass is 16.5. The minimum atomic E-state index is -0.413. The van der Waals surface area contributed by atoms with Crippen LogP contribution >= 0.6 is 0 Å². The van der Waals surface area contributed by atoms with Crippen LogP contribution in [0.1, 0.15) is 18.1 Å². The number of carbonyl (C=O) groups is 1. The first-order valence-corrected chi connectivity index (χ1v) is 9.28. The van der Waals surface area contributed by atoms with Crippen LogP contribution in [-0.2, 0) is 9.53 Å². The molecule has 3 aromatic carbocycles. The number of hydrogen-bond donors (Lipinski definition) is 0. The maximum atomic E-state index is 12.0. The van der Waals surface area contributed by atoms with Gasteiger partial charge in [0.25, 0.3) is 0 Å². The molecule has 0 aliphatic carbocycles. The summed E-state index contributed by atoms with van der Waals surface area (Å²) in [7, 11) is 0. The van der Waals surface area contributed by atoms with Crippen molar-refractivity contribution in [3.8, 4) is 16.9 Å². The first kappa shape index (κ1) is 17.8. The van der Waals surface area contributed by atoms with Gasteiger partial charge in [-0.2, -0.15) is 0 Å². The summed E-state index contributed by atoms with van der Waals surface area (Å²) in [5.41, 5.74) is 5.11. The van der Waals surface area contributed by atoms with E-state index in [-0.39, 0.29) is 0 Å². The third kappa shape index (κ3) is 3.74. The van der Waals surface area contributed by atoms with Gasteiger partial charge in [-0.3, -0.25) is 0 Å². The van der Waals surface area contributed by atoms with Crippen molar-refractivity contribution in [2.45, 2.75) is 6.92 Å². The Kier molecular flexibility index (Phi) is 5.07. The highest BCUT2D eigenvalue weighted by molar-refractivity contribution is 5.97. The normalized spacial score (nSPS) is 14.0. The van der Waals surface area contributed by atoms with Gasteiger partial charge in [0.05, 0.1) is 12.7 Å². The molecule has 0 radical (unpaired) electrons. The zero-order valence-corrected chi connectivity index (χ0v) is 15.6. The van der Waals surface area contributed by atoms with Gasteiger partial charge in [0.1, 0.15) is 11.5 Å². The van der Waals surface area contributed by atoms with Crippen LogP contribution in [0.5, 0.6) is 5.75 Å². The first-order chi connectivity index (χ1) is 13.7. The van der Waals surface area contributed by atoms with Crippen LogP contribution in [0.3, 0.4) is 0 Å². The van der Waals surface area contributed by atoms with Crippen molar-refractivity contribution in [3.63, 3.8) is 0 Å². The van der Waals surface area contributed by atoms with E-state index in [9.17, 15) is 4.79 Å². The van der Waals surface area contributed by atoms with Gasteiger partial charge in [0.15, 0.2) is 0 Å². The molecular weight excluding hydrogens is 348 g/mol. The van der Waals surface area contributed by atoms with Gasteiger partial charge >= 0.3 is 5.97 Å². The highest BCUT2D eigenvalue weighted by Gasteiger charge is 2.20. The molecule has 28 heavy (non-hydrogen) atoms. The van der Waals surface area contributed by atoms with Crippen molar-refractivity contribution in [1.29, 1.82) is 0 Å². The SMILES string of the molecule is CCOC(=O)/C=C1\Oc2ccccc2C=C1c1ccc(-c2ccccc2)cc1. The lowest BCUT2D eigenvalue weighted by molar-refractivity contribution is -0.137. The zero-order chi connectivity index (χ0) is 19.3. The molecule has 0 aromatic heterocycles. The number of carbonyl (C=O) groups excluding carboxylic acids is 1. The molecule has 1 aliphatic heterocycles. The molecule has 1 aliphatic rings. The van der Waals surface area contributed by atoms with Crippen molar-refractivity contribution in [3.05, 3.63) is 102 Å². The lowest BCUT2D eigenvalue weighted by Crippen LogP contribution is -2.09. The van der Waals surface area contributed by atoms with E-state index in [4.69, 9.17) is 9.47 Å². The van der Waals surface area contributed by atoms with Crippen LogP contribution in [0.25, 0.3) is 22.8 Å². The lowest BCUT2D eigenvalue weighted by Gasteiger charge is -2.21.